The van der Waals surface area contributed by atoms with Gasteiger partial charge in [-0.3, -0.25) is 4.79 Å². The number of nitrogens with one attached hydrogen (secondary N) is 2. The number of aliphatic hydroxyl groups is 1. The minimum Gasteiger partial charge on any atom is -0.384 e. The van der Waals surface area contributed by atoms with Crippen molar-refractivity contribution >= 4 is 21.8 Å². The molecule has 0 aromatic heterocycles. The van der Waals surface area contributed by atoms with Crippen LogP contribution in [0.15, 0.2) is 22.7 Å². The maximum Gasteiger partial charge on any atom is 0.237 e. The number of rotatable bonds is 4. The van der Waals surface area contributed by atoms with Crippen LogP contribution < -0.4 is 10.6 Å². The Morgan fingerprint density at radius 2 is 2.35 bits per heavy atom. The highest BCUT2D eigenvalue weighted by atomic mass is 79.9. The van der Waals surface area contributed by atoms with Gasteiger partial charge in [0.05, 0.1) is 6.04 Å². The number of benzene rings is 1. The summed E-state index contributed by atoms with van der Waals surface area (Å²) in [6.45, 7) is 2.34. The van der Waals surface area contributed by atoms with E-state index in [1.54, 1.807) is 12.1 Å². The molecule has 110 valence electrons. The van der Waals surface area contributed by atoms with Crippen LogP contribution in [0.2, 0.25) is 0 Å². The first-order valence-electron chi connectivity index (χ1n) is 6.59. The average molecular weight is 345 g/mol. The maximum absolute atomic E-state index is 13.9. The lowest BCUT2D eigenvalue weighted by molar-refractivity contribution is -0.124. The molecule has 1 aromatic rings. The van der Waals surface area contributed by atoms with Gasteiger partial charge in [-0.2, -0.15) is 0 Å². The molecule has 4 nitrogen and oxygen atoms in total. The van der Waals surface area contributed by atoms with E-state index >= 15 is 0 Å². The number of hydrogen-bond acceptors (Lipinski definition) is 3. The Kier molecular flexibility index (Phi) is 4.78. The number of carbonyl (C=O) groups excluding carboxylic acids is 1. The molecule has 1 aromatic carbocycles. The van der Waals surface area contributed by atoms with E-state index in [0.717, 1.165) is 12.8 Å². The molecule has 1 heterocycles. The quantitative estimate of drug-likeness (QED) is 0.778. The third-order valence-corrected chi connectivity index (χ3v) is 3.98. The van der Waals surface area contributed by atoms with Crippen molar-refractivity contribution < 1.29 is 14.3 Å². The SMILES string of the molecule is CC(O)(CN[C@H]1CCCNC1=O)c1ccc(Br)cc1F. The summed E-state index contributed by atoms with van der Waals surface area (Å²) < 4.78 is 14.5. The van der Waals surface area contributed by atoms with Gasteiger partial charge < -0.3 is 15.7 Å². The van der Waals surface area contributed by atoms with Crippen LogP contribution in [0.4, 0.5) is 4.39 Å². The fourth-order valence-electron chi connectivity index (χ4n) is 2.31. The molecule has 20 heavy (non-hydrogen) atoms. The topological polar surface area (TPSA) is 61.4 Å². The zero-order valence-corrected chi connectivity index (χ0v) is 12.8. The van der Waals surface area contributed by atoms with E-state index in [1.807, 2.05) is 0 Å². The Morgan fingerprint density at radius 3 is 3.00 bits per heavy atom. The summed E-state index contributed by atoms with van der Waals surface area (Å²) in [5.41, 5.74) is -1.16. The van der Waals surface area contributed by atoms with Gasteiger partial charge >= 0.3 is 0 Å². The Morgan fingerprint density at radius 1 is 1.60 bits per heavy atom. The van der Waals surface area contributed by atoms with Crippen molar-refractivity contribution in [1.82, 2.24) is 10.6 Å². The van der Waals surface area contributed by atoms with Crippen LogP contribution in [0.3, 0.4) is 0 Å². The Labute approximate surface area is 125 Å². The lowest BCUT2D eigenvalue weighted by Crippen LogP contribution is -2.51. The normalized spacial score (nSPS) is 22.2. The smallest absolute Gasteiger partial charge is 0.237 e. The predicted octanol–water partition coefficient (Wildman–Crippen LogP) is 1.66. The molecule has 2 atom stereocenters. The Hall–Kier alpha value is -0.980. The first-order chi connectivity index (χ1) is 9.40. The second-order valence-corrected chi connectivity index (χ2v) is 6.18. The van der Waals surface area contributed by atoms with Crippen molar-refractivity contribution in [2.45, 2.75) is 31.4 Å². The molecular formula is C14H18BrFN2O2. The van der Waals surface area contributed by atoms with Gasteiger partial charge in [0.1, 0.15) is 11.4 Å². The molecule has 6 heteroatoms. The van der Waals surface area contributed by atoms with Crippen LogP contribution >= 0.6 is 15.9 Å². The molecule has 0 radical (unpaired) electrons. The summed E-state index contributed by atoms with van der Waals surface area (Å²) in [6, 6.07) is 4.22. The standard InChI is InChI=1S/C14H18BrFN2O2/c1-14(20,10-5-4-9(15)7-11(10)16)8-18-12-3-2-6-17-13(12)19/h4-5,7,12,18,20H,2-3,6,8H2,1H3,(H,17,19)/t12-,14?/m0/s1. The molecule has 1 unspecified atom stereocenters. The second-order valence-electron chi connectivity index (χ2n) is 5.26. The highest BCUT2D eigenvalue weighted by molar-refractivity contribution is 9.10. The highest BCUT2D eigenvalue weighted by Crippen LogP contribution is 2.25. The largest absolute Gasteiger partial charge is 0.384 e. The predicted molar refractivity (Wildman–Crippen MR) is 77.7 cm³/mol. The fraction of sp³-hybridized carbons (Fsp3) is 0.500. The van der Waals surface area contributed by atoms with Crippen molar-refractivity contribution in [2.24, 2.45) is 0 Å². The molecule has 0 aliphatic carbocycles. The van der Waals surface area contributed by atoms with Crippen LogP contribution in [0, 0.1) is 5.82 Å². The number of carbonyl (C=O) groups is 1. The summed E-state index contributed by atoms with van der Waals surface area (Å²) in [4.78, 5) is 11.6. The zero-order chi connectivity index (χ0) is 14.8. The number of hydrogen-bond donors (Lipinski definition) is 3. The highest BCUT2D eigenvalue weighted by Gasteiger charge is 2.29. The van der Waals surface area contributed by atoms with E-state index < -0.39 is 11.4 Å². The molecule has 1 aliphatic heterocycles. The number of piperidine rings is 1. The average Bonchev–Trinajstić information content (AvgIpc) is 2.37. The van der Waals surface area contributed by atoms with E-state index in [2.05, 4.69) is 26.6 Å². The maximum atomic E-state index is 13.9. The first-order valence-corrected chi connectivity index (χ1v) is 7.38. The van der Waals surface area contributed by atoms with Crippen molar-refractivity contribution in [2.75, 3.05) is 13.1 Å². The summed E-state index contributed by atoms with van der Waals surface area (Å²) >= 11 is 3.18. The van der Waals surface area contributed by atoms with Crippen LogP contribution in [0.1, 0.15) is 25.3 Å². The third-order valence-electron chi connectivity index (χ3n) is 3.49. The lowest BCUT2D eigenvalue weighted by Gasteiger charge is -2.29. The summed E-state index contributed by atoms with van der Waals surface area (Å²) in [6.07, 6.45) is 1.63. The van der Waals surface area contributed by atoms with E-state index in [-0.39, 0.29) is 24.1 Å². The van der Waals surface area contributed by atoms with Gasteiger partial charge in [0.15, 0.2) is 0 Å². The minimum absolute atomic E-state index is 0.0664. The molecule has 0 bridgehead atoms. The van der Waals surface area contributed by atoms with Gasteiger partial charge in [-0.25, -0.2) is 4.39 Å². The van der Waals surface area contributed by atoms with Gasteiger partial charge in [0, 0.05) is 23.1 Å². The molecule has 0 spiro atoms. The fourth-order valence-corrected chi connectivity index (χ4v) is 2.64. The molecule has 1 aliphatic rings. The van der Waals surface area contributed by atoms with Gasteiger partial charge in [-0.1, -0.05) is 22.0 Å². The Bertz CT molecular complexity index is 508. The molecule has 1 amide bonds. The molecule has 2 rings (SSSR count). The summed E-state index contributed by atoms with van der Waals surface area (Å²) in [7, 11) is 0. The zero-order valence-electron chi connectivity index (χ0n) is 11.2. The molecule has 3 N–H and O–H groups in total. The molecular weight excluding hydrogens is 327 g/mol. The van der Waals surface area contributed by atoms with Gasteiger partial charge in [0.2, 0.25) is 5.91 Å². The monoisotopic (exact) mass is 344 g/mol. The van der Waals surface area contributed by atoms with E-state index in [9.17, 15) is 14.3 Å². The van der Waals surface area contributed by atoms with E-state index in [4.69, 9.17) is 0 Å². The van der Waals surface area contributed by atoms with E-state index in [0.29, 0.717) is 11.0 Å². The van der Waals surface area contributed by atoms with Crippen molar-refractivity contribution in [3.05, 3.63) is 34.1 Å². The van der Waals surface area contributed by atoms with Gasteiger partial charge in [-0.15, -0.1) is 0 Å². The van der Waals surface area contributed by atoms with Gasteiger partial charge in [0.25, 0.3) is 0 Å². The lowest BCUT2D eigenvalue weighted by atomic mass is 9.94. The minimum atomic E-state index is -1.37. The molecule has 1 fully saturated rings. The van der Waals surface area contributed by atoms with E-state index in [1.165, 1.54) is 13.0 Å². The van der Waals surface area contributed by atoms with Crippen LogP contribution in [-0.4, -0.2) is 30.1 Å². The molecule has 1 saturated heterocycles. The van der Waals surface area contributed by atoms with Crippen LogP contribution in [0.5, 0.6) is 0 Å². The van der Waals surface area contributed by atoms with Crippen LogP contribution in [0.25, 0.3) is 0 Å². The van der Waals surface area contributed by atoms with Crippen molar-refractivity contribution in [3.63, 3.8) is 0 Å². The Balaban J connectivity index is 2.04. The van der Waals surface area contributed by atoms with Crippen molar-refractivity contribution in [3.8, 4) is 0 Å². The summed E-state index contributed by atoms with van der Waals surface area (Å²) in [5.74, 6) is -0.539. The molecule has 0 saturated carbocycles. The second kappa shape index (κ2) is 6.20. The van der Waals surface area contributed by atoms with Crippen molar-refractivity contribution in [1.29, 1.82) is 0 Å². The number of amides is 1. The van der Waals surface area contributed by atoms with Gasteiger partial charge in [-0.05, 0) is 31.9 Å². The number of halogens is 2. The third kappa shape index (κ3) is 3.56. The first kappa shape index (κ1) is 15.4. The van der Waals surface area contributed by atoms with Crippen LogP contribution in [-0.2, 0) is 10.4 Å². The summed E-state index contributed by atoms with van der Waals surface area (Å²) in [5, 5.41) is 16.2.